The largest absolute Gasteiger partial charge is 0.364 e. The van der Waals surface area contributed by atoms with Crippen LogP contribution in [0.25, 0.3) is 10.9 Å². The van der Waals surface area contributed by atoms with E-state index < -0.39 is 21.6 Å². The molecule has 7 nitrogen and oxygen atoms in total. The molecule has 1 aromatic heterocycles. The van der Waals surface area contributed by atoms with E-state index in [1.807, 2.05) is 0 Å². The van der Waals surface area contributed by atoms with Crippen molar-refractivity contribution >= 4 is 49.6 Å². The molecule has 1 heterocycles. The van der Waals surface area contributed by atoms with E-state index in [-0.39, 0.29) is 32.4 Å². The number of aromatic nitrogens is 2. The first-order valence-corrected chi connectivity index (χ1v) is 9.88. The smallest absolute Gasteiger partial charge is 0.271 e. The molecule has 140 valence electrons. The van der Waals surface area contributed by atoms with Gasteiger partial charge in [0.2, 0.25) is 0 Å². The number of sulfone groups is 1. The second kappa shape index (κ2) is 6.75. The molecular formula is C17H14ClFN4O3S. The zero-order chi connectivity index (χ0) is 19.9. The number of primary amides is 1. The molecule has 27 heavy (non-hydrogen) atoms. The number of anilines is 2. The third kappa shape index (κ3) is 3.56. The zero-order valence-corrected chi connectivity index (χ0v) is 15.8. The summed E-state index contributed by atoms with van der Waals surface area (Å²) in [7, 11) is -3.54. The van der Waals surface area contributed by atoms with Crippen LogP contribution in [-0.2, 0) is 9.84 Å². The highest BCUT2D eigenvalue weighted by Crippen LogP contribution is 2.33. The summed E-state index contributed by atoms with van der Waals surface area (Å²) in [5.74, 6) is -1.65. The minimum atomic E-state index is -3.54. The molecule has 0 aliphatic carbocycles. The number of nitrogens with one attached hydrogen (secondary N) is 1. The average molecular weight is 409 g/mol. The van der Waals surface area contributed by atoms with Gasteiger partial charge in [0, 0.05) is 11.6 Å². The predicted octanol–water partition coefficient (Wildman–Crippen LogP) is 2.98. The van der Waals surface area contributed by atoms with E-state index in [9.17, 15) is 17.6 Å². The molecule has 2 aromatic carbocycles. The maximum atomic E-state index is 14.3. The van der Waals surface area contributed by atoms with Crippen LogP contribution in [-0.4, -0.2) is 30.8 Å². The number of hydrogen-bond acceptors (Lipinski definition) is 6. The van der Waals surface area contributed by atoms with Gasteiger partial charge in [-0.05, 0) is 36.8 Å². The van der Waals surface area contributed by atoms with E-state index in [1.54, 1.807) is 6.92 Å². The fourth-order valence-electron chi connectivity index (χ4n) is 2.60. The lowest BCUT2D eigenvalue weighted by Crippen LogP contribution is -2.17. The first-order valence-electron chi connectivity index (χ1n) is 7.61. The van der Waals surface area contributed by atoms with E-state index in [0.717, 1.165) is 6.26 Å². The van der Waals surface area contributed by atoms with Crippen molar-refractivity contribution in [2.24, 2.45) is 5.73 Å². The molecule has 0 spiro atoms. The Hall–Kier alpha value is -2.78. The Morgan fingerprint density at radius 1 is 1.26 bits per heavy atom. The Bertz CT molecular complexity index is 1200. The molecule has 10 heteroatoms. The highest BCUT2D eigenvalue weighted by molar-refractivity contribution is 7.90. The number of aryl methyl sites for hydroxylation is 1. The van der Waals surface area contributed by atoms with Crippen LogP contribution >= 0.6 is 11.6 Å². The number of nitrogens with zero attached hydrogens (tertiary/aromatic N) is 2. The zero-order valence-electron chi connectivity index (χ0n) is 14.2. The van der Waals surface area contributed by atoms with E-state index >= 15 is 0 Å². The van der Waals surface area contributed by atoms with Crippen LogP contribution in [0.5, 0.6) is 0 Å². The second-order valence-corrected chi connectivity index (χ2v) is 8.35. The molecule has 0 unspecified atom stereocenters. The summed E-state index contributed by atoms with van der Waals surface area (Å²) in [6, 6.07) is 7.07. The Morgan fingerprint density at radius 3 is 2.59 bits per heavy atom. The molecule has 3 rings (SSSR count). The van der Waals surface area contributed by atoms with Crippen molar-refractivity contribution in [3.05, 3.63) is 52.4 Å². The summed E-state index contributed by atoms with van der Waals surface area (Å²) < 4.78 is 38.3. The van der Waals surface area contributed by atoms with Crippen molar-refractivity contribution < 1.29 is 17.6 Å². The topological polar surface area (TPSA) is 115 Å². The fraction of sp³-hybridized carbons (Fsp3) is 0.118. The first kappa shape index (κ1) is 19.0. The molecule has 0 bridgehead atoms. The van der Waals surface area contributed by atoms with Gasteiger partial charge in [0.15, 0.2) is 21.3 Å². The van der Waals surface area contributed by atoms with Gasteiger partial charge in [0.25, 0.3) is 5.91 Å². The molecule has 1 amide bonds. The summed E-state index contributed by atoms with van der Waals surface area (Å²) in [6.45, 7) is 1.65. The quantitative estimate of drug-likeness (QED) is 0.685. The van der Waals surface area contributed by atoms with E-state index in [0.29, 0.717) is 11.1 Å². The predicted molar refractivity (Wildman–Crippen MR) is 101 cm³/mol. The van der Waals surface area contributed by atoms with Crippen molar-refractivity contribution in [1.82, 2.24) is 10.2 Å². The van der Waals surface area contributed by atoms with Crippen LogP contribution in [0.15, 0.2) is 35.2 Å². The lowest BCUT2D eigenvalue weighted by molar-refractivity contribution is 0.0995. The lowest BCUT2D eigenvalue weighted by atomic mass is 10.1. The van der Waals surface area contributed by atoms with Crippen LogP contribution < -0.4 is 11.1 Å². The van der Waals surface area contributed by atoms with Gasteiger partial charge in [-0.3, -0.25) is 4.79 Å². The lowest BCUT2D eigenvalue weighted by Gasteiger charge is -2.15. The monoisotopic (exact) mass is 408 g/mol. The summed E-state index contributed by atoms with van der Waals surface area (Å²) in [5.41, 5.74) is 5.99. The SMILES string of the molecule is Cc1cc(S(C)(=O)=O)cc2c(Nc3cccc(Cl)c3F)c(C(N)=O)nnc12. The minimum absolute atomic E-state index is 0.0190. The third-order valence-corrected chi connectivity index (χ3v) is 5.29. The van der Waals surface area contributed by atoms with Gasteiger partial charge in [0.1, 0.15) is 0 Å². The number of hydrogen-bond donors (Lipinski definition) is 2. The van der Waals surface area contributed by atoms with Gasteiger partial charge in [0.05, 0.1) is 26.8 Å². The molecule has 0 aliphatic heterocycles. The van der Waals surface area contributed by atoms with Crippen LogP contribution in [0, 0.1) is 12.7 Å². The molecule has 3 N–H and O–H groups in total. The number of amides is 1. The normalized spacial score (nSPS) is 11.6. The summed E-state index contributed by atoms with van der Waals surface area (Å²) in [4.78, 5) is 11.8. The van der Waals surface area contributed by atoms with Crippen LogP contribution in [0.1, 0.15) is 16.1 Å². The van der Waals surface area contributed by atoms with Crippen LogP contribution in [0.3, 0.4) is 0 Å². The standard InChI is InChI=1S/C17H14ClFN4O3S/c1-8-6-9(27(2,25)26)7-10-14(8)22-23-16(17(20)24)15(10)21-12-5-3-4-11(18)13(12)19/h3-7H,1-2H3,(H2,20,24)(H,21,22). The molecule has 0 aliphatic rings. The number of carbonyl (C=O) groups excluding carboxylic acids is 1. The van der Waals surface area contributed by atoms with Crippen LogP contribution in [0.2, 0.25) is 5.02 Å². The Morgan fingerprint density at radius 2 is 1.96 bits per heavy atom. The van der Waals surface area contributed by atoms with Gasteiger partial charge < -0.3 is 11.1 Å². The van der Waals surface area contributed by atoms with Crippen molar-refractivity contribution in [2.45, 2.75) is 11.8 Å². The molecule has 0 fully saturated rings. The maximum Gasteiger partial charge on any atom is 0.271 e. The van der Waals surface area contributed by atoms with Gasteiger partial charge in [-0.25, -0.2) is 12.8 Å². The van der Waals surface area contributed by atoms with Crippen molar-refractivity contribution in [2.75, 3.05) is 11.6 Å². The Kier molecular flexibility index (Phi) is 4.75. The Labute approximate surface area is 159 Å². The molecule has 0 saturated carbocycles. The molecule has 0 saturated heterocycles. The number of rotatable bonds is 4. The van der Waals surface area contributed by atoms with Crippen LogP contribution in [0.4, 0.5) is 15.8 Å². The first-order chi connectivity index (χ1) is 12.6. The van der Waals surface area contributed by atoms with Gasteiger partial charge in [-0.2, -0.15) is 0 Å². The Balaban J connectivity index is 2.36. The summed E-state index contributed by atoms with van der Waals surface area (Å²) >= 11 is 5.80. The van der Waals surface area contributed by atoms with E-state index in [4.69, 9.17) is 17.3 Å². The second-order valence-electron chi connectivity index (χ2n) is 5.92. The molecular weight excluding hydrogens is 395 g/mol. The maximum absolute atomic E-state index is 14.3. The van der Waals surface area contributed by atoms with E-state index in [2.05, 4.69) is 15.5 Å². The molecule has 0 radical (unpaired) electrons. The number of halogens is 2. The van der Waals surface area contributed by atoms with Gasteiger partial charge in [-0.15, -0.1) is 10.2 Å². The summed E-state index contributed by atoms with van der Waals surface area (Å²) in [6.07, 6.45) is 1.06. The fourth-order valence-corrected chi connectivity index (χ4v) is 3.49. The number of carbonyl (C=O) groups is 1. The van der Waals surface area contributed by atoms with Crippen molar-refractivity contribution in [1.29, 1.82) is 0 Å². The molecule has 3 aromatic rings. The average Bonchev–Trinajstić information content (AvgIpc) is 2.58. The van der Waals surface area contributed by atoms with Gasteiger partial charge >= 0.3 is 0 Å². The van der Waals surface area contributed by atoms with Gasteiger partial charge in [-0.1, -0.05) is 17.7 Å². The van der Waals surface area contributed by atoms with E-state index in [1.165, 1.54) is 30.3 Å². The number of fused-ring (bicyclic) bond motifs is 1. The van der Waals surface area contributed by atoms with Crippen molar-refractivity contribution in [3.8, 4) is 0 Å². The number of benzene rings is 2. The molecule has 0 atom stereocenters. The minimum Gasteiger partial charge on any atom is -0.364 e. The number of nitrogens with two attached hydrogens (primary N) is 1. The third-order valence-electron chi connectivity index (χ3n) is 3.90. The summed E-state index contributed by atoms with van der Waals surface area (Å²) in [5, 5.41) is 10.7. The highest BCUT2D eigenvalue weighted by Gasteiger charge is 2.20. The highest BCUT2D eigenvalue weighted by atomic mass is 35.5. The van der Waals surface area contributed by atoms with Crippen molar-refractivity contribution in [3.63, 3.8) is 0 Å².